The van der Waals surface area contributed by atoms with E-state index in [-0.39, 0.29) is 12.5 Å². The smallest absolute Gasteiger partial charge is 0.340 e. The maximum atomic E-state index is 11.7. The minimum Gasteiger partial charge on any atom is -0.452 e. The van der Waals surface area contributed by atoms with Crippen molar-refractivity contribution < 1.29 is 14.3 Å². The SMILES string of the molecule is Cc1ccc(C(=O)OCC(=O)NCc2cccs2)cn1. The highest BCUT2D eigenvalue weighted by molar-refractivity contribution is 7.09. The number of esters is 1. The van der Waals surface area contributed by atoms with Gasteiger partial charge in [0.15, 0.2) is 6.61 Å². The van der Waals surface area contributed by atoms with Gasteiger partial charge in [-0.05, 0) is 30.5 Å². The molecule has 0 saturated heterocycles. The fraction of sp³-hybridized carbons (Fsp3) is 0.214. The van der Waals surface area contributed by atoms with Gasteiger partial charge >= 0.3 is 5.97 Å². The van der Waals surface area contributed by atoms with Gasteiger partial charge in [-0.2, -0.15) is 0 Å². The molecular weight excluding hydrogens is 276 g/mol. The van der Waals surface area contributed by atoms with Crippen LogP contribution in [-0.2, 0) is 16.1 Å². The lowest BCUT2D eigenvalue weighted by atomic mass is 10.2. The van der Waals surface area contributed by atoms with Gasteiger partial charge < -0.3 is 10.1 Å². The van der Waals surface area contributed by atoms with Gasteiger partial charge in [-0.3, -0.25) is 9.78 Å². The summed E-state index contributed by atoms with van der Waals surface area (Å²) < 4.78 is 4.91. The van der Waals surface area contributed by atoms with Crippen LogP contribution >= 0.6 is 11.3 Å². The van der Waals surface area contributed by atoms with Crippen LogP contribution in [0.3, 0.4) is 0 Å². The Morgan fingerprint density at radius 1 is 1.35 bits per heavy atom. The molecule has 0 aliphatic rings. The Morgan fingerprint density at radius 2 is 2.20 bits per heavy atom. The first-order valence-corrected chi connectivity index (χ1v) is 6.92. The molecule has 2 rings (SSSR count). The van der Waals surface area contributed by atoms with Gasteiger partial charge in [-0.15, -0.1) is 11.3 Å². The largest absolute Gasteiger partial charge is 0.452 e. The summed E-state index contributed by atoms with van der Waals surface area (Å²) in [4.78, 5) is 28.2. The summed E-state index contributed by atoms with van der Waals surface area (Å²) in [5, 5.41) is 4.62. The van der Waals surface area contributed by atoms with Crippen molar-refractivity contribution in [3.63, 3.8) is 0 Å². The van der Waals surface area contributed by atoms with Crippen LogP contribution < -0.4 is 5.32 Å². The fourth-order valence-corrected chi connectivity index (χ4v) is 2.10. The zero-order valence-corrected chi connectivity index (χ0v) is 11.8. The van der Waals surface area contributed by atoms with E-state index in [1.807, 2.05) is 24.4 Å². The van der Waals surface area contributed by atoms with E-state index in [9.17, 15) is 9.59 Å². The lowest BCUT2D eigenvalue weighted by Crippen LogP contribution is -2.28. The van der Waals surface area contributed by atoms with Crippen molar-refractivity contribution in [1.29, 1.82) is 0 Å². The van der Waals surface area contributed by atoms with Crippen LogP contribution in [0.25, 0.3) is 0 Å². The molecule has 1 N–H and O–H groups in total. The first kappa shape index (κ1) is 14.2. The number of rotatable bonds is 5. The average Bonchev–Trinajstić information content (AvgIpc) is 2.96. The lowest BCUT2D eigenvalue weighted by Gasteiger charge is -2.05. The Labute approximate surface area is 120 Å². The molecule has 104 valence electrons. The molecule has 2 aromatic rings. The standard InChI is InChI=1S/C14H14N2O3S/c1-10-4-5-11(7-15-10)14(18)19-9-13(17)16-8-12-3-2-6-20-12/h2-7H,8-9H2,1H3,(H,16,17). The fourth-order valence-electron chi connectivity index (χ4n) is 1.45. The van der Waals surface area contributed by atoms with Crippen LogP contribution in [-0.4, -0.2) is 23.5 Å². The summed E-state index contributed by atoms with van der Waals surface area (Å²) in [5.74, 6) is -0.879. The third kappa shape index (κ3) is 4.17. The van der Waals surface area contributed by atoms with E-state index < -0.39 is 5.97 Å². The molecule has 0 saturated carbocycles. The van der Waals surface area contributed by atoms with Crippen molar-refractivity contribution in [2.75, 3.05) is 6.61 Å². The van der Waals surface area contributed by atoms with Crippen molar-refractivity contribution in [2.24, 2.45) is 0 Å². The zero-order valence-electron chi connectivity index (χ0n) is 11.0. The third-order valence-corrected chi connectivity index (χ3v) is 3.40. The molecule has 20 heavy (non-hydrogen) atoms. The molecule has 0 radical (unpaired) electrons. The number of aromatic nitrogens is 1. The van der Waals surface area contributed by atoms with E-state index in [0.717, 1.165) is 10.6 Å². The average molecular weight is 290 g/mol. The van der Waals surface area contributed by atoms with Gasteiger partial charge in [0.05, 0.1) is 12.1 Å². The van der Waals surface area contributed by atoms with Crippen LogP contribution in [0.4, 0.5) is 0 Å². The number of hydrogen-bond acceptors (Lipinski definition) is 5. The van der Waals surface area contributed by atoms with Crippen LogP contribution in [0, 0.1) is 6.92 Å². The molecule has 1 amide bonds. The summed E-state index contributed by atoms with van der Waals surface area (Å²) in [5.41, 5.74) is 1.15. The molecule has 6 heteroatoms. The first-order chi connectivity index (χ1) is 9.65. The topological polar surface area (TPSA) is 68.3 Å². The van der Waals surface area contributed by atoms with Crippen molar-refractivity contribution >= 4 is 23.2 Å². The molecule has 5 nitrogen and oxygen atoms in total. The molecule has 0 atom stereocenters. The number of aryl methyl sites for hydroxylation is 1. The van der Waals surface area contributed by atoms with E-state index in [1.165, 1.54) is 6.20 Å². The van der Waals surface area contributed by atoms with Gasteiger partial charge in [0.1, 0.15) is 0 Å². The van der Waals surface area contributed by atoms with Gasteiger partial charge in [0.25, 0.3) is 5.91 Å². The summed E-state index contributed by atoms with van der Waals surface area (Å²) >= 11 is 1.56. The molecule has 0 aromatic carbocycles. The second-order valence-electron chi connectivity index (χ2n) is 4.12. The summed E-state index contributed by atoms with van der Waals surface area (Å²) in [6, 6.07) is 7.17. The summed E-state index contributed by atoms with van der Waals surface area (Å²) in [7, 11) is 0. The second-order valence-corrected chi connectivity index (χ2v) is 5.15. The van der Waals surface area contributed by atoms with Crippen molar-refractivity contribution in [2.45, 2.75) is 13.5 Å². The van der Waals surface area contributed by atoms with Crippen LogP contribution in [0.1, 0.15) is 20.9 Å². The molecule has 2 heterocycles. The number of hydrogen-bond donors (Lipinski definition) is 1. The normalized spacial score (nSPS) is 10.1. The highest BCUT2D eigenvalue weighted by Gasteiger charge is 2.10. The molecule has 0 fully saturated rings. The predicted octanol–water partition coefficient (Wildman–Crippen LogP) is 1.92. The Balaban J connectivity index is 1.75. The highest BCUT2D eigenvalue weighted by Crippen LogP contribution is 2.07. The number of pyridine rings is 1. The van der Waals surface area contributed by atoms with Gasteiger partial charge in [0, 0.05) is 16.8 Å². The van der Waals surface area contributed by atoms with Crippen molar-refractivity contribution in [1.82, 2.24) is 10.3 Å². The minimum absolute atomic E-state index is 0.294. The maximum absolute atomic E-state index is 11.7. The first-order valence-electron chi connectivity index (χ1n) is 6.04. The quantitative estimate of drug-likeness (QED) is 0.854. The molecule has 0 unspecified atom stereocenters. The Hall–Kier alpha value is -2.21. The van der Waals surface area contributed by atoms with Gasteiger partial charge in [0.2, 0.25) is 0 Å². The number of ether oxygens (including phenoxy) is 1. The monoisotopic (exact) mass is 290 g/mol. The number of carbonyl (C=O) groups is 2. The molecule has 0 aliphatic heterocycles. The van der Waals surface area contributed by atoms with Gasteiger partial charge in [-0.1, -0.05) is 6.07 Å². The van der Waals surface area contributed by atoms with E-state index in [4.69, 9.17) is 4.74 Å². The van der Waals surface area contributed by atoms with Crippen LogP contribution in [0.5, 0.6) is 0 Å². The molecular formula is C14H14N2O3S. The predicted molar refractivity (Wildman–Crippen MR) is 75.4 cm³/mol. The Kier molecular flexibility index (Phi) is 4.84. The van der Waals surface area contributed by atoms with E-state index >= 15 is 0 Å². The highest BCUT2D eigenvalue weighted by atomic mass is 32.1. The minimum atomic E-state index is -0.552. The number of nitrogens with zero attached hydrogens (tertiary/aromatic N) is 1. The van der Waals surface area contributed by atoms with Gasteiger partial charge in [-0.25, -0.2) is 4.79 Å². The van der Waals surface area contributed by atoms with E-state index in [1.54, 1.807) is 23.5 Å². The van der Waals surface area contributed by atoms with Crippen LogP contribution in [0.15, 0.2) is 35.8 Å². The van der Waals surface area contributed by atoms with E-state index in [0.29, 0.717) is 12.1 Å². The number of nitrogens with one attached hydrogen (secondary N) is 1. The number of amides is 1. The summed E-state index contributed by atoms with van der Waals surface area (Å²) in [6.07, 6.45) is 1.43. The van der Waals surface area contributed by atoms with Crippen LogP contribution in [0.2, 0.25) is 0 Å². The number of carbonyl (C=O) groups excluding carboxylic acids is 2. The zero-order chi connectivity index (χ0) is 14.4. The Morgan fingerprint density at radius 3 is 2.85 bits per heavy atom. The second kappa shape index (κ2) is 6.81. The lowest BCUT2D eigenvalue weighted by molar-refractivity contribution is -0.124. The summed E-state index contributed by atoms with van der Waals surface area (Å²) in [6.45, 7) is 1.98. The number of thiophene rings is 1. The molecule has 2 aromatic heterocycles. The molecule has 0 aliphatic carbocycles. The molecule has 0 spiro atoms. The van der Waals surface area contributed by atoms with Crippen molar-refractivity contribution in [3.05, 3.63) is 52.0 Å². The van der Waals surface area contributed by atoms with Crippen molar-refractivity contribution in [3.8, 4) is 0 Å². The Bertz CT molecular complexity index is 579. The third-order valence-electron chi connectivity index (χ3n) is 2.52. The van der Waals surface area contributed by atoms with E-state index in [2.05, 4.69) is 10.3 Å². The molecule has 0 bridgehead atoms. The maximum Gasteiger partial charge on any atom is 0.340 e.